The van der Waals surface area contributed by atoms with Gasteiger partial charge in [-0.15, -0.1) is 0 Å². The van der Waals surface area contributed by atoms with E-state index in [1.807, 2.05) is 123 Å². The number of hydrogen-bond acceptors (Lipinski definition) is 4. The third-order valence-corrected chi connectivity index (χ3v) is 6.17. The maximum Gasteiger partial charge on any atom is 0.0634 e. The van der Waals surface area contributed by atoms with Gasteiger partial charge in [0, 0.05) is 34.2 Å². The van der Waals surface area contributed by atoms with Gasteiger partial charge in [0.1, 0.15) is 0 Å². The Hall–Kier alpha value is -4.96. The Kier molecular flexibility index (Phi) is 7.71. The first kappa shape index (κ1) is 24.7. The molecule has 0 fully saturated rings. The summed E-state index contributed by atoms with van der Waals surface area (Å²) < 4.78 is 0. The molecule has 186 valence electrons. The van der Waals surface area contributed by atoms with Crippen molar-refractivity contribution >= 4 is 45.5 Å². The van der Waals surface area contributed by atoms with E-state index in [1.54, 1.807) is 0 Å². The third-order valence-electron chi connectivity index (χ3n) is 6.17. The summed E-state index contributed by atoms with van der Waals surface area (Å²) in [6.07, 6.45) is 0. The highest BCUT2D eigenvalue weighted by Gasteiger charge is 2.03. The molecule has 0 heterocycles. The molecule has 0 aromatic heterocycles. The van der Waals surface area contributed by atoms with E-state index in [-0.39, 0.29) is 0 Å². The summed E-state index contributed by atoms with van der Waals surface area (Å²) in [6, 6.07) is 45.0. The molecule has 4 nitrogen and oxygen atoms in total. The molecule has 0 spiro atoms. The van der Waals surface area contributed by atoms with Gasteiger partial charge in [0.15, 0.2) is 0 Å². The monoisotopic (exact) mass is 494 g/mol. The summed E-state index contributed by atoms with van der Waals surface area (Å²) in [6.45, 7) is 4.08. The molecule has 38 heavy (non-hydrogen) atoms. The van der Waals surface area contributed by atoms with Gasteiger partial charge in [0.05, 0.1) is 11.4 Å². The second-order valence-electron chi connectivity index (χ2n) is 9.05. The Bertz CT molecular complexity index is 1400. The summed E-state index contributed by atoms with van der Waals surface area (Å²) >= 11 is 0. The van der Waals surface area contributed by atoms with Crippen LogP contribution in [0, 0.1) is 0 Å². The van der Waals surface area contributed by atoms with Gasteiger partial charge in [-0.25, -0.2) is 0 Å². The molecule has 0 atom stereocenters. The van der Waals surface area contributed by atoms with E-state index < -0.39 is 0 Å². The van der Waals surface area contributed by atoms with Crippen molar-refractivity contribution in [2.75, 3.05) is 10.6 Å². The lowest BCUT2D eigenvalue weighted by molar-refractivity contribution is 1.45. The zero-order chi connectivity index (χ0) is 26.2. The predicted molar refractivity (Wildman–Crippen MR) is 163 cm³/mol. The van der Waals surface area contributed by atoms with E-state index in [0.717, 1.165) is 56.7 Å². The molecule has 4 heteroatoms. The van der Waals surface area contributed by atoms with Crippen LogP contribution in [0.5, 0.6) is 0 Å². The molecular weight excluding hydrogens is 464 g/mol. The lowest BCUT2D eigenvalue weighted by Gasteiger charge is -2.08. The number of anilines is 4. The van der Waals surface area contributed by atoms with E-state index >= 15 is 0 Å². The van der Waals surface area contributed by atoms with Gasteiger partial charge in [-0.05, 0) is 97.8 Å². The fraction of sp³-hybridized carbons (Fsp3) is 0.0588. The molecule has 5 rings (SSSR count). The third kappa shape index (κ3) is 6.62. The maximum atomic E-state index is 4.81. The van der Waals surface area contributed by atoms with E-state index in [0.29, 0.717) is 0 Å². The average molecular weight is 495 g/mol. The number of para-hydroxylation sites is 2. The molecule has 5 aromatic carbocycles. The van der Waals surface area contributed by atoms with Gasteiger partial charge in [0.25, 0.3) is 0 Å². The van der Waals surface area contributed by atoms with Gasteiger partial charge >= 0.3 is 0 Å². The second-order valence-corrected chi connectivity index (χ2v) is 9.05. The minimum absolute atomic E-state index is 0.924. The standard InChI is InChI=1S/C34H30N4/c1-25(35-31-17-21-33(22-18-31)37-29-9-5-3-6-10-29)27-13-15-28(16-14-27)26(2)36-32-19-23-34(24-20-32)38-30-11-7-4-8-12-30/h3-24,37-38H,1-2H3/b35-25+,36-26+. The molecule has 0 aliphatic carbocycles. The van der Waals surface area contributed by atoms with Crippen LogP contribution in [0.25, 0.3) is 0 Å². The van der Waals surface area contributed by atoms with Crippen molar-refractivity contribution in [2.24, 2.45) is 9.98 Å². The number of nitrogens with zero attached hydrogens (tertiary/aromatic N) is 2. The minimum Gasteiger partial charge on any atom is -0.356 e. The smallest absolute Gasteiger partial charge is 0.0634 e. The highest BCUT2D eigenvalue weighted by atomic mass is 14.9. The Morgan fingerprint density at radius 1 is 0.395 bits per heavy atom. The molecule has 5 aromatic rings. The Morgan fingerprint density at radius 3 is 1.05 bits per heavy atom. The molecular formula is C34H30N4. The molecule has 0 saturated carbocycles. The fourth-order valence-corrected chi connectivity index (χ4v) is 4.08. The minimum atomic E-state index is 0.924. The Balaban J connectivity index is 1.22. The summed E-state index contributed by atoms with van der Waals surface area (Å²) in [5.41, 5.74) is 10.2. The van der Waals surface area contributed by atoms with Gasteiger partial charge in [0.2, 0.25) is 0 Å². The highest BCUT2D eigenvalue weighted by Crippen LogP contribution is 2.23. The summed E-state index contributed by atoms with van der Waals surface area (Å²) in [5, 5.41) is 6.80. The molecule has 0 radical (unpaired) electrons. The van der Waals surface area contributed by atoms with Crippen LogP contribution in [-0.2, 0) is 0 Å². The summed E-state index contributed by atoms with van der Waals surface area (Å²) in [4.78, 5) is 9.62. The predicted octanol–water partition coefficient (Wildman–Crippen LogP) is 9.46. The van der Waals surface area contributed by atoms with Crippen molar-refractivity contribution in [3.05, 3.63) is 145 Å². The second kappa shape index (κ2) is 11.8. The molecule has 0 unspecified atom stereocenters. The first-order valence-electron chi connectivity index (χ1n) is 12.7. The van der Waals surface area contributed by atoms with E-state index in [9.17, 15) is 0 Å². The van der Waals surface area contributed by atoms with Crippen molar-refractivity contribution in [1.82, 2.24) is 0 Å². The van der Waals surface area contributed by atoms with Crippen LogP contribution in [0.4, 0.5) is 34.1 Å². The SMILES string of the molecule is C/C(=N\c1ccc(Nc2ccccc2)cc1)c1ccc(/C(C)=N/c2ccc(Nc3ccccc3)cc2)cc1. The topological polar surface area (TPSA) is 48.8 Å². The molecule has 0 aliphatic rings. The Morgan fingerprint density at radius 2 is 0.711 bits per heavy atom. The average Bonchev–Trinajstić information content (AvgIpc) is 2.96. The molecule has 0 aliphatic heterocycles. The maximum absolute atomic E-state index is 4.81. The lowest BCUT2D eigenvalue weighted by atomic mass is 10.1. The van der Waals surface area contributed by atoms with Crippen LogP contribution in [0.3, 0.4) is 0 Å². The van der Waals surface area contributed by atoms with Crippen molar-refractivity contribution in [2.45, 2.75) is 13.8 Å². The van der Waals surface area contributed by atoms with Crippen molar-refractivity contribution in [3.63, 3.8) is 0 Å². The van der Waals surface area contributed by atoms with Gasteiger partial charge in [-0.2, -0.15) is 0 Å². The normalized spacial score (nSPS) is 11.7. The highest BCUT2D eigenvalue weighted by molar-refractivity contribution is 6.03. The summed E-state index contributed by atoms with van der Waals surface area (Å²) in [5.74, 6) is 0. The summed E-state index contributed by atoms with van der Waals surface area (Å²) in [7, 11) is 0. The van der Waals surface area contributed by atoms with Crippen LogP contribution < -0.4 is 10.6 Å². The quantitative estimate of drug-likeness (QED) is 0.211. The van der Waals surface area contributed by atoms with Crippen molar-refractivity contribution in [1.29, 1.82) is 0 Å². The van der Waals surface area contributed by atoms with Crippen molar-refractivity contribution < 1.29 is 0 Å². The largest absolute Gasteiger partial charge is 0.356 e. The first-order chi connectivity index (χ1) is 18.6. The number of benzene rings is 5. The zero-order valence-corrected chi connectivity index (χ0v) is 21.6. The van der Waals surface area contributed by atoms with Crippen LogP contribution in [0.15, 0.2) is 143 Å². The molecule has 2 N–H and O–H groups in total. The lowest BCUT2D eigenvalue weighted by Crippen LogP contribution is -1.98. The van der Waals surface area contributed by atoms with Crippen LogP contribution in [-0.4, -0.2) is 11.4 Å². The fourth-order valence-electron chi connectivity index (χ4n) is 4.08. The molecule has 0 bridgehead atoms. The van der Waals surface area contributed by atoms with E-state index in [1.165, 1.54) is 0 Å². The molecule has 0 amide bonds. The molecule has 0 saturated heterocycles. The van der Waals surface area contributed by atoms with Crippen LogP contribution in [0.2, 0.25) is 0 Å². The van der Waals surface area contributed by atoms with Crippen molar-refractivity contribution in [3.8, 4) is 0 Å². The van der Waals surface area contributed by atoms with Gasteiger partial charge < -0.3 is 10.6 Å². The van der Waals surface area contributed by atoms with Crippen LogP contribution in [0.1, 0.15) is 25.0 Å². The Labute approximate surface area is 224 Å². The number of aliphatic imine (C=N–C) groups is 2. The number of rotatable bonds is 8. The van der Waals surface area contributed by atoms with Crippen LogP contribution >= 0.6 is 0 Å². The zero-order valence-electron chi connectivity index (χ0n) is 21.6. The van der Waals surface area contributed by atoms with E-state index in [2.05, 4.69) is 34.9 Å². The number of nitrogens with one attached hydrogen (secondary N) is 2. The van der Waals surface area contributed by atoms with E-state index in [4.69, 9.17) is 9.98 Å². The van der Waals surface area contributed by atoms with Gasteiger partial charge in [-0.3, -0.25) is 9.98 Å². The van der Waals surface area contributed by atoms with Gasteiger partial charge in [-0.1, -0.05) is 60.7 Å². The number of hydrogen-bond donors (Lipinski definition) is 2. The first-order valence-corrected chi connectivity index (χ1v) is 12.7.